The zero-order valence-corrected chi connectivity index (χ0v) is 25.6. The summed E-state index contributed by atoms with van der Waals surface area (Å²) in [6, 6.07) is 20.2. The number of hydrogen-bond acceptors (Lipinski definition) is 9. The SMILES string of the molecule is C=CC(=O)Nc1cc(Nc2cc(N3OCC[C@@H]3c3cccc(-c4cccc(F)c4)c3)ncn2)c(OC)cc1N1CCNC2(CC2)C1. The number of piperazine rings is 1. The van der Waals surface area contributed by atoms with E-state index in [2.05, 4.69) is 43.5 Å². The number of hydrogen-bond donors (Lipinski definition) is 3. The number of amides is 1. The van der Waals surface area contributed by atoms with E-state index < -0.39 is 0 Å². The quantitative estimate of drug-likeness (QED) is 0.195. The first-order valence-electron chi connectivity index (χ1n) is 15.5. The van der Waals surface area contributed by atoms with Crippen LogP contribution in [0.3, 0.4) is 0 Å². The first-order valence-corrected chi connectivity index (χ1v) is 15.5. The van der Waals surface area contributed by atoms with Crippen molar-refractivity contribution in [2.24, 2.45) is 0 Å². The molecule has 10 nitrogen and oxygen atoms in total. The predicted molar refractivity (Wildman–Crippen MR) is 177 cm³/mol. The van der Waals surface area contributed by atoms with Crippen molar-refractivity contribution in [2.75, 3.05) is 53.9 Å². The molecule has 3 aliphatic rings. The highest BCUT2D eigenvalue weighted by Gasteiger charge is 2.46. The van der Waals surface area contributed by atoms with E-state index in [9.17, 15) is 9.18 Å². The average Bonchev–Trinajstić information content (AvgIpc) is 3.62. The van der Waals surface area contributed by atoms with Crippen LogP contribution in [0.5, 0.6) is 5.75 Å². The second-order valence-electron chi connectivity index (χ2n) is 11.9. The average molecular weight is 622 g/mol. The number of hydroxylamine groups is 1. The summed E-state index contributed by atoms with van der Waals surface area (Å²) in [6.45, 7) is 6.70. The molecule has 1 atom stereocenters. The van der Waals surface area contributed by atoms with Gasteiger partial charge < -0.3 is 25.6 Å². The number of halogens is 1. The predicted octanol–water partition coefficient (Wildman–Crippen LogP) is 5.98. The van der Waals surface area contributed by atoms with Gasteiger partial charge in [0.15, 0.2) is 5.82 Å². The third kappa shape index (κ3) is 6.11. The van der Waals surface area contributed by atoms with Crippen LogP contribution in [0.1, 0.15) is 30.9 Å². The number of rotatable bonds is 9. The van der Waals surface area contributed by atoms with Gasteiger partial charge in [-0.2, -0.15) is 0 Å². The van der Waals surface area contributed by atoms with Crippen LogP contribution in [0.15, 0.2) is 85.7 Å². The van der Waals surface area contributed by atoms with Gasteiger partial charge in [0.05, 0.1) is 36.8 Å². The fraction of sp³-hybridized carbons (Fsp3) is 0.286. The van der Waals surface area contributed by atoms with E-state index in [1.165, 1.54) is 24.5 Å². The summed E-state index contributed by atoms with van der Waals surface area (Å²) < 4.78 is 19.7. The fourth-order valence-corrected chi connectivity index (χ4v) is 6.29. The van der Waals surface area contributed by atoms with Crippen LogP contribution in [-0.2, 0) is 9.63 Å². The first-order chi connectivity index (χ1) is 22.4. The largest absolute Gasteiger partial charge is 0.494 e. The number of methoxy groups -OCH3 is 1. The van der Waals surface area contributed by atoms with Gasteiger partial charge in [-0.3, -0.25) is 9.63 Å². The lowest BCUT2D eigenvalue weighted by atomic mass is 9.98. The Labute approximate surface area is 267 Å². The summed E-state index contributed by atoms with van der Waals surface area (Å²) in [5.74, 6) is 1.16. The van der Waals surface area contributed by atoms with Gasteiger partial charge in [-0.25, -0.2) is 19.4 Å². The van der Waals surface area contributed by atoms with Gasteiger partial charge in [0.25, 0.3) is 0 Å². The minimum absolute atomic E-state index is 0.0976. The van der Waals surface area contributed by atoms with Gasteiger partial charge in [0, 0.05) is 43.7 Å². The second kappa shape index (κ2) is 12.4. The van der Waals surface area contributed by atoms with E-state index in [0.717, 1.165) is 61.3 Å². The number of benzene rings is 3. The molecule has 0 radical (unpaired) electrons. The molecule has 1 aromatic heterocycles. The topological polar surface area (TPSA) is 104 Å². The molecule has 46 heavy (non-hydrogen) atoms. The lowest BCUT2D eigenvalue weighted by molar-refractivity contribution is -0.111. The molecule has 0 unspecified atom stereocenters. The summed E-state index contributed by atoms with van der Waals surface area (Å²) >= 11 is 0. The number of nitrogens with one attached hydrogen (secondary N) is 3. The van der Waals surface area contributed by atoms with E-state index >= 15 is 0 Å². The van der Waals surface area contributed by atoms with Crippen LogP contribution in [0, 0.1) is 5.82 Å². The first kappa shape index (κ1) is 29.7. The zero-order valence-electron chi connectivity index (χ0n) is 25.6. The molecule has 1 saturated carbocycles. The minimum atomic E-state index is -0.295. The molecule has 7 rings (SSSR count). The van der Waals surface area contributed by atoms with Crippen LogP contribution in [0.4, 0.5) is 33.1 Å². The van der Waals surface area contributed by atoms with Crippen molar-refractivity contribution in [1.29, 1.82) is 0 Å². The maximum absolute atomic E-state index is 13.9. The Hall–Kier alpha value is -5.00. The molecule has 3 fully saturated rings. The summed E-state index contributed by atoms with van der Waals surface area (Å²) in [5.41, 5.74) is 5.10. The second-order valence-corrected chi connectivity index (χ2v) is 11.9. The Morgan fingerprint density at radius 1 is 1.11 bits per heavy atom. The maximum atomic E-state index is 13.9. The van der Waals surface area contributed by atoms with Crippen molar-refractivity contribution in [3.05, 3.63) is 97.1 Å². The van der Waals surface area contributed by atoms with Crippen molar-refractivity contribution in [3.63, 3.8) is 0 Å². The van der Waals surface area contributed by atoms with Crippen molar-refractivity contribution >= 4 is 34.6 Å². The molecule has 2 saturated heterocycles. The number of ether oxygens (including phenoxy) is 1. The molecule has 1 aliphatic carbocycles. The van der Waals surface area contributed by atoms with Crippen molar-refractivity contribution in [3.8, 4) is 16.9 Å². The van der Waals surface area contributed by atoms with Crippen LogP contribution in [0.2, 0.25) is 0 Å². The Bertz CT molecular complexity index is 1780. The number of carbonyl (C=O) groups excluding carboxylic acids is 1. The molecule has 11 heteroatoms. The lowest BCUT2D eigenvalue weighted by Gasteiger charge is -2.37. The number of carbonyl (C=O) groups is 1. The molecule has 2 aliphatic heterocycles. The van der Waals surface area contributed by atoms with E-state index in [4.69, 9.17) is 9.57 Å². The van der Waals surface area contributed by atoms with Gasteiger partial charge in [-0.1, -0.05) is 36.9 Å². The van der Waals surface area contributed by atoms with E-state index in [-0.39, 0.29) is 23.3 Å². The van der Waals surface area contributed by atoms with Crippen LogP contribution < -0.4 is 30.7 Å². The highest BCUT2D eigenvalue weighted by Crippen LogP contribution is 2.44. The summed E-state index contributed by atoms with van der Waals surface area (Å²) in [7, 11) is 1.62. The molecule has 1 amide bonds. The maximum Gasteiger partial charge on any atom is 0.247 e. The van der Waals surface area contributed by atoms with E-state index in [1.54, 1.807) is 18.2 Å². The lowest BCUT2D eigenvalue weighted by Crippen LogP contribution is -2.52. The highest BCUT2D eigenvalue weighted by atomic mass is 19.1. The van der Waals surface area contributed by atoms with Crippen LogP contribution in [0.25, 0.3) is 11.1 Å². The molecule has 3 N–H and O–H groups in total. The summed E-state index contributed by atoms with van der Waals surface area (Å²) in [5, 5.41) is 11.8. The van der Waals surface area contributed by atoms with Gasteiger partial charge in [-0.05, 0) is 59.9 Å². The third-order valence-electron chi connectivity index (χ3n) is 8.81. The number of anilines is 5. The van der Waals surface area contributed by atoms with Gasteiger partial charge in [0.1, 0.15) is 23.7 Å². The zero-order chi connectivity index (χ0) is 31.7. The number of nitrogens with zero attached hydrogens (tertiary/aromatic N) is 4. The standard InChI is InChI=1S/C35H36FN7O3/c1-3-34(44)41-27-18-28(31(45-2)19-30(27)42-14-13-39-35(21-42)11-12-35)40-32-20-33(38-22-37-32)43-29(10-15-46-43)25-8-4-6-23(16-25)24-7-5-9-26(36)17-24/h3-9,16-20,22,29,39H,1,10-15,21H2,2H3,(H,41,44)(H,37,38,40)/t29-/m1/s1. The van der Waals surface area contributed by atoms with Crippen molar-refractivity contribution in [2.45, 2.75) is 30.8 Å². The Morgan fingerprint density at radius 3 is 2.72 bits per heavy atom. The minimum Gasteiger partial charge on any atom is -0.494 e. The van der Waals surface area contributed by atoms with Gasteiger partial charge >= 0.3 is 0 Å². The molecule has 0 bridgehead atoms. The van der Waals surface area contributed by atoms with E-state index in [0.29, 0.717) is 35.4 Å². The molecule has 1 spiro atoms. The number of aromatic nitrogens is 2. The van der Waals surface area contributed by atoms with Crippen molar-refractivity contribution < 1.29 is 18.8 Å². The molecule has 3 aromatic carbocycles. The smallest absolute Gasteiger partial charge is 0.247 e. The molecule has 4 aromatic rings. The Kier molecular flexibility index (Phi) is 8.02. The highest BCUT2D eigenvalue weighted by molar-refractivity contribution is 6.02. The normalized spacial score (nSPS) is 18.3. The van der Waals surface area contributed by atoms with Crippen LogP contribution in [-0.4, -0.2) is 54.8 Å². The molecular weight excluding hydrogens is 585 g/mol. The van der Waals surface area contributed by atoms with Gasteiger partial charge in [0.2, 0.25) is 5.91 Å². The van der Waals surface area contributed by atoms with Crippen LogP contribution >= 0.6 is 0 Å². The monoisotopic (exact) mass is 621 g/mol. The van der Waals surface area contributed by atoms with Gasteiger partial charge in [-0.15, -0.1) is 0 Å². The van der Waals surface area contributed by atoms with Crippen molar-refractivity contribution in [1.82, 2.24) is 15.3 Å². The third-order valence-corrected chi connectivity index (χ3v) is 8.81. The molecular formula is C35H36FN7O3. The Morgan fingerprint density at radius 2 is 1.93 bits per heavy atom. The summed E-state index contributed by atoms with van der Waals surface area (Å²) in [4.78, 5) is 29.8. The fourth-order valence-electron chi connectivity index (χ4n) is 6.29. The summed E-state index contributed by atoms with van der Waals surface area (Å²) in [6.07, 6.45) is 5.79. The Balaban J connectivity index is 1.16. The van der Waals surface area contributed by atoms with E-state index in [1.807, 2.05) is 42.5 Å². The molecule has 236 valence electrons. The molecule has 3 heterocycles.